The molecule has 2 aromatic heterocycles. The Kier molecular flexibility index (Phi) is 6.28. The van der Waals surface area contributed by atoms with Crippen molar-refractivity contribution in [2.24, 2.45) is 5.92 Å². The van der Waals surface area contributed by atoms with Gasteiger partial charge in [-0.2, -0.15) is 0 Å². The van der Waals surface area contributed by atoms with Gasteiger partial charge in [0, 0.05) is 30.3 Å². The number of ether oxygens (including phenoxy) is 1. The number of fused-ring (bicyclic) bond motifs is 1. The van der Waals surface area contributed by atoms with E-state index >= 15 is 0 Å². The number of hydrogen-bond acceptors (Lipinski definition) is 5. The van der Waals surface area contributed by atoms with Gasteiger partial charge in [0.1, 0.15) is 29.3 Å². The van der Waals surface area contributed by atoms with Gasteiger partial charge in [-0.25, -0.2) is 27.5 Å². The first-order valence-corrected chi connectivity index (χ1v) is 11.9. The molecule has 8 nitrogen and oxygen atoms in total. The number of nitrogens with zero attached hydrogens (tertiary/aromatic N) is 3. The van der Waals surface area contributed by atoms with Gasteiger partial charge in [-0.15, -0.1) is 0 Å². The van der Waals surface area contributed by atoms with Crippen molar-refractivity contribution >= 4 is 22.8 Å². The Labute approximate surface area is 209 Å². The fourth-order valence-corrected chi connectivity index (χ4v) is 4.49. The molecule has 2 N–H and O–H groups in total. The third-order valence-electron chi connectivity index (χ3n) is 6.75. The molecule has 1 saturated heterocycles. The molecule has 2 aliphatic rings. The van der Waals surface area contributed by atoms with Crippen molar-refractivity contribution in [3.8, 4) is 17.0 Å². The molecule has 12 heteroatoms. The number of rotatable bonds is 7. The molecule has 0 bridgehead atoms. The Bertz CT molecular complexity index is 1370. The van der Waals surface area contributed by atoms with Crippen molar-refractivity contribution in [3.05, 3.63) is 41.3 Å². The van der Waals surface area contributed by atoms with Gasteiger partial charge in [-0.3, -0.25) is 9.59 Å². The number of carbonyl (C=O) groups is 2. The second kappa shape index (κ2) is 9.31. The van der Waals surface area contributed by atoms with Crippen LogP contribution in [-0.2, 0) is 4.79 Å². The summed E-state index contributed by atoms with van der Waals surface area (Å²) in [5.41, 5.74) is 1.13. The molecule has 196 valence electrons. The fraction of sp³-hybridized carbons (Fsp3) is 0.440. The van der Waals surface area contributed by atoms with Crippen LogP contribution in [0, 0.1) is 12.8 Å². The summed E-state index contributed by atoms with van der Waals surface area (Å²) in [6.45, 7) is 2.11. The van der Waals surface area contributed by atoms with Crippen LogP contribution in [0.5, 0.6) is 5.75 Å². The second-order valence-corrected chi connectivity index (χ2v) is 9.57. The average molecular weight is 519 g/mol. The maximum Gasteiger partial charge on any atom is 0.286 e. The van der Waals surface area contributed by atoms with E-state index in [1.807, 2.05) is 0 Å². The summed E-state index contributed by atoms with van der Waals surface area (Å²) < 4.78 is 61.9. The highest BCUT2D eigenvalue weighted by Gasteiger charge is 2.50. The number of aromatic nitrogens is 3. The lowest BCUT2D eigenvalue weighted by Crippen LogP contribution is -2.46. The molecule has 3 heterocycles. The number of nitrogens with one attached hydrogen (secondary N) is 2. The first-order valence-electron chi connectivity index (χ1n) is 11.9. The highest BCUT2D eigenvalue weighted by molar-refractivity contribution is 6.09. The van der Waals surface area contributed by atoms with E-state index in [-0.39, 0.29) is 34.4 Å². The van der Waals surface area contributed by atoms with Crippen molar-refractivity contribution < 1.29 is 31.9 Å². The Hall–Kier alpha value is -3.70. The van der Waals surface area contributed by atoms with Gasteiger partial charge in [0.2, 0.25) is 5.91 Å². The van der Waals surface area contributed by atoms with Gasteiger partial charge in [-0.05, 0) is 43.9 Å². The van der Waals surface area contributed by atoms with E-state index in [4.69, 9.17) is 4.74 Å². The number of H-pyrrole nitrogens is 1. The summed E-state index contributed by atoms with van der Waals surface area (Å²) >= 11 is 0. The van der Waals surface area contributed by atoms with Crippen LogP contribution in [0.3, 0.4) is 0 Å². The number of benzene rings is 1. The molecular weight excluding hydrogens is 494 g/mol. The molecule has 1 aromatic carbocycles. The smallest absolute Gasteiger partial charge is 0.286 e. The fourth-order valence-electron chi connectivity index (χ4n) is 4.49. The Morgan fingerprint density at radius 1 is 1.27 bits per heavy atom. The summed E-state index contributed by atoms with van der Waals surface area (Å²) in [6.07, 6.45) is 0.549. The van der Waals surface area contributed by atoms with Crippen molar-refractivity contribution in [3.63, 3.8) is 0 Å². The third kappa shape index (κ3) is 4.84. The van der Waals surface area contributed by atoms with Crippen LogP contribution < -0.4 is 10.1 Å². The monoisotopic (exact) mass is 519 g/mol. The van der Waals surface area contributed by atoms with Crippen LogP contribution in [0.4, 0.5) is 17.6 Å². The lowest BCUT2D eigenvalue weighted by Gasteiger charge is -2.18. The number of amides is 2. The minimum absolute atomic E-state index is 0.0289. The standard InChI is InChI=1S/C25H25F4N5O3/c1-12-19(24(36)33-18-8-34(13(2)35)10-25(18,28)29)21-22(32-12)20(30-11-31-21)16-7-15(23(26)27)5-6-17(16)37-9-14-3-4-14/h5-7,11,14,18,23,32H,3-4,8-10H2,1-2H3,(H,33,36). The number of hydrogen-bond donors (Lipinski definition) is 2. The zero-order chi connectivity index (χ0) is 26.5. The largest absolute Gasteiger partial charge is 0.493 e. The van der Waals surface area contributed by atoms with E-state index in [2.05, 4.69) is 20.3 Å². The van der Waals surface area contributed by atoms with Crippen LogP contribution in [-0.4, -0.2) is 63.3 Å². The second-order valence-electron chi connectivity index (χ2n) is 9.57. The Morgan fingerprint density at radius 3 is 2.68 bits per heavy atom. The van der Waals surface area contributed by atoms with Crippen molar-refractivity contribution in [1.82, 2.24) is 25.2 Å². The molecule has 2 fully saturated rings. The third-order valence-corrected chi connectivity index (χ3v) is 6.75. The van der Waals surface area contributed by atoms with E-state index in [1.165, 1.54) is 31.5 Å². The highest BCUT2D eigenvalue weighted by atomic mass is 19.3. The van der Waals surface area contributed by atoms with E-state index in [1.54, 1.807) is 6.92 Å². The molecule has 1 aliphatic carbocycles. The highest BCUT2D eigenvalue weighted by Crippen LogP contribution is 2.38. The van der Waals surface area contributed by atoms with E-state index in [0.717, 1.165) is 17.7 Å². The predicted octanol–water partition coefficient (Wildman–Crippen LogP) is 4.26. The minimum Gasteiger partial charge on any atom is -0.493 e. The maximum absolute atomic E-state index is 14.5. The average Bonchev–Trinajstić information content (AvgIpc) is 3.53. The minimum atomic E-state index is -3.30. The number of alkyl halides is 4. The van der Waals surface area contributed by atoms with Gasteiger partial charge in [0.15, 0.2) is 0 Å². The first-order chi connectivity index (χ1) is 17.5. The van der Waals surface area contributed by atoms with Crippen LogP contribution in [0.1, 0.15) is 47.8 Å². The Balaban J connectivity index is 1.52. The van der Waals surface area contributed by atoms with Gasteiger partial charge < -0.3 is 19.9 Å². The molecule has 2 amide bonds. The summed E-state index contributed by atoms with van der Waals surface area (Å²) in [5.74, 6) is -3.82. The molecule has 1 atom stereocenters. The quantitative estimate of drug-likeness (QED) is 0.455. The maximum atomic E-state index is 14.5. The van der Waals surface area contributed by atoms with Crippen molar-refractivity contribution in [2.75, 3.05) is 19.7 Å². The summed E-state index contributed by atoms with van der Waals surface area (Å²) in [4.78, 5) is 37.2. The van der Waals surface area contributed by atoms with E-state index in [0.29, 0.717) is 29.5 Å². The lowest BCUT2D eigenvalue weighted by atomic mass is 10.0. The molecule has 0 spiro atoms. The molecule has 5 rings (SSSR count). The number of aryl methyl sites for hydroxylation is 1. The Morgan fingerprint density at radius 2 is 2.03 bits per heavy atom. The van der Waals surface area contributed by atoms with Gasteiger partial charge >= 0.3 is 0 Å². The molecule has 1 aliphatic heterocycles. The predicted molar refractivity (Wildman–Crippen MR) is 126 cm³/mol. The number of aromatic amines is 1. The van der Waals surface area contributed by atoms with Crippen LogP contribution in [0.15, 0.2) is 24.5 Å². The van der Waals surface area contributed by atoms with E-state index in [9.17, 15) is 27.2 Å². The zero-order valence-corrected chi connectivity index (χ0v) is 20.2. The van der Waals surface area contributed by atoms with Gasteiger partial charge in [0.05, 0.1) is 24.2 Å². The molecule has 3 aromatic rings. The lowest BCUT2D eigenvalue weighted by molar-refractivity contribution is -0.129. The van der Waals surface area contributed by atoms with Crippen LogP contribution in [0.2, 0.25) is 0 Å². The normalized spacial score (nSPS) is 19.0. The van der Waals surface area contributed by atoms with Gasteiger partial charge in [-0.1, -0.05) is 0 Å². The van der Waals surface area contributed by atoms with Gasteiger partial charge in [0.25, 0.3) is 18.3 Å². The zero-order valence-electron chi connectivity index (χ0n) is 20.2. The topological polar surface area (TPSA) is 100 Å². The van der Waals surface area contributed by atoms with Crippen molar-refractivity contribution in [1.29, 1.82) is 0 Å². The molecule has 1 unspecified atom stereocenters. The number of carbonyl (C=O) groups excluding carboxylic acids is 2. The SMILES string of the molecule is CC(=O)N1CC(NC(=O)c2c(C)[nH]c3c(-c4cc(C(F)F)ccc4OCC4CC4)ncnc23)C(F)(F)C1. The van der Waals surface area contributed by atoms with Crippen LogP contribution in [0.25, 0.3) is 22.3 Å². The molecule has 37 heavy (non-hydrogen) atoms. The summed E-state index contributed by atoms with van der Waals surface area (Å²) in [7, 11) is 0. The van der Waals surface area contributed by atoms with E-state index < -0.39 is 36.7 Å². The molecule has 1 saturated carbocycles. The van der Waals surface area contributed by atoms with Crippen molar-refractivity contribution in [2.45, 2.75) is 45.1 Å². The summed E-state index contributed by atoms with van der Waals surface area (Å²) in [5, 5.41) is 2.34. The molecular formula is C25H25F4N5O3. The first kappa shape index (κ1) is 25.0. The van der Waals surface area contributed by atoms with Crippen LogP contribution >= 0.6 is 0 Å². The number of likely N-dealkylation sites (tertiary alicyclic amines) is 1. The number of halogens is 4. The summed E-state index contributed by atoms with van der Waals surface area (Å²) in [6, 6.07) is 2.49. The molecule has 0 radical (unpaired) electrons.